The summed E-state index contributed by atoms with van der Waals surface area (Å²) in [6.45, 7) is 3.22. The Morgan fingerprint density at radius 1 is 1.35 bits per heavy atom. The molecule has 1 aromatic rings. The Kier molecular flexibility index (Phi) is 4.15. The summed E-state index contributed by atoms with van der Waals surface area (Å²) >= 11 is 0. The standard InChI is InChI=1S/C14H22N2O/c1-16-9-5-8-14(16,11-15)12-17-10-13-6-3-2-4-7-13/h2-4,6-7H,5,8-12,15H2,1H3. The van der Waals surface area contributed by atoms with E-state index in [0.29, 0.717) is 13.2 Å². The third-order valence-corrected chi connectivity index (χ3v) is 3.81. The molecular weight excluding hydrogens is 212 g/mol. The van der Waals surface area contributed by atoms with Gasteiger partial charge >= 0.3 is 0 Å². The molecule has 0 amide bonds. The van der Waals surface area contributed by atoms with Crippen LogP contribution in [-0.2, 0) is 11.3 Å². The fourth-order valence-corrected chi connectivity index (χ4v) is 2.51. The van der Waals surface area contributed by atoms with Crippen molar-refractivity contribution in [2.45, 2.75) is 25.0 Å². The van der Waals surface area contributed by atoms with Gasteiger partial charge in [0.2, 0.25) is 0 Å². The number of benzene rings is 1. The summed E-state index contributed by atoms with van der Waals surface area (Å²) < 4.78 is 5.85. The van der Waals surface area contributed by atoms with E-state index in [1.54, 1.807) is 0 Å². The second-order valence-corrected chi connectivity index (χ2v) is 4.93. The third kappa shape index (κ3) is 2.86. The van der Waals surface area contributed by atoms with Gasteiger partial charge in [-0.15, -0.1) is 0 Å². The van der Waals surface area contributed by atoms with Gasteiger partial charge in [0.05, 0.1) is 18.8 Å². The summed E-state index contributed by atoms with van der Waals surface area (Å²) in [4.78, 5) is 2.35. The Balaban J connectivity index is 1.85. The second kappa shape index (κ2) is 5.63. The maximum Gasteiger partial charge on any atom is 0.0717 e. The highest BCUT2D eigenvalue weighted by Crippen LogP contribution is 2.27. The van der Waals surface area contributed by atoms with Crippen molar-refractivity contribution in [3.8, 4) is 0 Å². The Morgan fingerprint density at radius 3 is 2.71 bits per heavy atom. The molecule has 1 aromatic carbocycles. The van der Waals surface area contributed by atoms with E-state index in [4.69, 9.17) is 10.5 Å². The van der Waals surface area contributed by atoms with E-state index in [2.05, 4.69) is 24.1 Å². The molecule has 1 unspecified atom stereocenters. The maximum atomic E-state index is 5.92. The molecule has 17 heavy (non-hydrogen) atoms. The van der Waals surface area contributed by atoms with Gasteiger partial charge in [-0.1, -0.05) is 30.3 Å². The van der Waals surface area contributed by atoms with Crippen LogP contribution in [0, 0.1) is 0 Å². The van der Waals surface area contributed by atoms with Crippen LogP contribution in [-0.4, -0.2) is 37.2 Å². The minimum absolute atomic E-state index is 0.0643. The van der Waals surface area contributed by atoms with Crippen LogP contribution < -0.4 is 5.73 Å². The molecule has 0 aromatic heterocycles. The molecule has 0 radical (unpaired) electrons. The molecule has 0 saturated carbocycles. The van der Waals surface area contributed by atoms with Gasteiger partial charge in [0.25, 0.3) is 0 Å². The zero-order chi connectivity index (χ0) is 12.1. The van der Waals surface area contributed by atoms with Crippen LogP contribution in [0.5, 0.6) is 0 Å². The van der Waals surface area contributed by atoms with Gasteiger partial charge in [-0.2, -0.15) is 0 Å². The van der Waals surface area contributed by atoms with Gasteiger partial charge < -0.3 is 10.5 Å². The Bertz CT molecular complexity index is 341. The Labute approximate surface area is 104 Å². The molecule has 1 aliphatic rings. The van der Waals surface area contributed by atoms with E-state index in [1.165, 1.54) is 12.0 Å². The average molecular weight is 234 g/mol. The fraction of sp³-hybridized carbons (Fsp3) is 0.571. The first-order valence-corrected chi connectivity index (χ1v) is 6.30. The number of rotatable bonds is 5. The predicted molar refractivity (Wildman–Crippen MR) is 69.7 cm³/mol. The maximum absolute atomic E-state index is 5.92. The minimum Gasteiger partial charge on any atom is -0.375 e. The van der Waals surface area contributed by atoms with Crippen LogP contribution in [0.4, 0.5) is 0 Å². The normalized spacial score (nSPS) is 25.3. The van der Waals surface area contributed by atoms with Crippen LogP contribution in [0.15, 0.2) is 30.3 Å². The van der Waals surface area contributed by atoms with Crippen molar-refractivity contribution in [1.29, 1.82) is 0 Å². The Hall–Kier alpha value is -0.900. The molecule has 2 N–H and O–H groups in total. The zero-order valence-corrected chi connectivity index (χ0v) is 10.6. The molecule has 1 heterocycles. The number of nitrogens with two attached hydrogens (primary N) is 1. The van der Waals surface area contributed by atoms with E-state index >= 15 is 0 Å². The first-order chi connectivity index (χ1) is 8.27. The fourth-order valence-electron chi connectivity index (χ4n) is 2.51. The second-order valence-electron chi connectivity index (χ2n) is 4.93. The van der Waals surface area contributed by atoms with Crippen molar-refractivity contribution >= 4 is 0 Å². The van der Waals surface area contributed by atoms with Crippen LogP contribution in [0.1, 0.15) is 18.4 Å². The lowest BCUT2D eigenvalue weighted by Crippen LogP contribution is -2.51. The molecule has 2 rings (SSSR count). The molecule has 0 aliphatic carbocycles. The quantitative estimate of drug-likeness (QED) is 0.841. The molecule has 1 atom stereocenters. The lowest BCUT2D eigenvalue weighted by molar-refractivity contribution is 0.0218. The van der Waals surface area contributed by atoms with Crippen LogP contribution >= 0.6 is 0 Å². The molecule has 1 saturated heterocycles. The summed E-state index contributed by atoms with van der Waals surface area (Å²) in [5.74, 6) is 0. The van der Waals surface area contributed by atoms with E-state index in [0.717, 1.165) is 19.6 Å². The van der Waals surface area contributed by atoms with Crippen LogP contribution in [0.3, 0.4) is 0 Å². The predicted octanol–water partition coefficient (Wildman–Crippen LogP) is 1.63. The number of hydrogen-bond acceptors (Lipinski definition) is 3. The molecule has 3 heteroatoms. The topological polar surface area (TPSA) is 38.5 Å². The number of likely N-dealkylation sites (tertiary alicyclic amines) is 1. The van der Waals surface area contributed by atoms with Crippen molar-refractivity contribution < 1.29 is 4.74 Å². The van der Waals surface area contributed by atoms with Crippen molar-refractivity contribution in [3.63, 3.8) is 0 Å². The number of nitrogens with zero attached hydrogens (tertiary/aromatic N) is 1. The first kappa shape index (κ1) is 12.6. The molecule has 1 aliphatic heterocycles. The lowest BCUT2D eigenvalue weighted by atomic mass is 9.98. The molecule has 0 spiro atoms. The van der Waals surface area contributed by atoms with Gasteiger partial charge in [-0.3, -0.25) is 4.90 Å². The van der Waals surface area contributed by atoms with Crippen LogP contribution in [0.25, 0.3) is 0 Å². The van der Waals surface area contributed by atoms with E-state index < -0.39 is 0 Å². The van der Waals surface area contributed by atoms with Gasteiger partial charge in [0.1, 0.15) is 0 Å². The van der Waals surface area contributed by atoms with Crippen molar-refractivity contribution in [1.82, 2.24) is 4.90 Å². The van der Waals surface area contributed by atoms with Crippen LogP contribution in [0.2, 0.25) is 0 Å². The SMILES string of the molecule is CN1CCCC1(CN)COCc1ccccc1. The summed E-state index contributed by atoms with van der Waals surface area (Å²) in [6, 6.07) is 10.3. The monoisotopic (exact) mass is 234 g/mol. The molecule has 1 fully saturated rings. The summed E-state index contributed by atoms with van der Waals surface area (Å²) in [7, 11) is 2.14. The van der Waals surface area contributed by atoms with Gasteiger partial charge in [0.15, 0.2) is 0 Å². The largest absolute Gasteiger partial charge is 0.375 e. The van der Waals surface area contributed by atoms with Gasteiger partial charge in [-0.25, -0.2) is 0 Å². The highest BCUT2D eigenvalue weighted by molar-refractivity contribution is 5.13. The zero-order valence-electron chi connectivity index (χ0n) is 10.6. The number of ether oxygens (including phenoxy) is 1. The molecular formula is C14H22N2O. The molecule has 3 nitrogen and oxygen atoms in total. The Morgan fingerprint density at radius 2 is 2.12 bits per heavy atom. The highest BCUT2D eigenvalue weighted by Gasteiger charge is 2.37. The van der Waals surface area contributed by atoms with E-state index in [9.17, 15) is 0 Å². The average Bonchev–Trinajstić information content (AvgIpc) is 2.73. The van der Waals surface area contributed by atoms with E-state index in [-0.39, 0.29) is 5.54 Å². The van der Waals surface area contributed by atoms with E-state index in [1.807, 2.05) is 18.2 Å². The summed E-state index contributed by atoms with van der Waals surface area (Å²) in [5, 5.41) is 0. The lowest BCUT2D eigenvalue weighted by Gasteiger charge is -2.34. The summed E-state index contributed by atoms with van der Waals surface area (Å²) in [5.41, 5.74) is 7.20. The van der Waals surface area contributed by atoms with Gasteiger partial charge in [-0.05, 0) is 32.0 Å². The smallest absolute Gasteiger partial charge is 0.0717 e. The van der Waals surface area contributed by atoms with Gasteiger partial charge in [0, 0.05) is 6.54 Å². The summed E-state index contributed by atoms with van der Waals surface area (Å²) in [6.07, 6.45) is 2.37. The number of hydrogen-bond donors (Lipinski definition) is 1. The third-order valence-electron chi connectivity index (χ3n) is 3.81. The molecule has 94 valence electrons. The van der Waals surface area contributed by atoms with Crippen molar-refractivity contribution in [2.75, 3.05) is 26.7 Å². The minimum atomic E-state index is 0.0643. The van der Waals surface area contributed by atoms with Crippen molar-refractivity contribution in [2.24, 2.45) is 5.73 Å². The molecule has 0 bridgehead atoms. The first-order valence-electron chi connectivity index (χ1n) is 6.30. The highest BCUT2D eigenvalue weighted by atomic mass is 16.5. The van der Waals surface area contributed by atoms with Crippen molar-refractivity contribution in [3.05, 3.63) is 35.9 Å². The number of likely N-dealkylation sites (N-methyl/N-ethyl adjacent to an activating group) is 1.